The molecule has 2 nitrogen and oxygen atoms in total. The predicted octanol–water partition coefficient (Wildman–Crippen LogP) is 1.53. The van der Waals surface area contributed by atoms with E-state index >= 15 is 0 Å². The lowest BCUT2D eigenvalue weighted by Gasteiger charge is -2.18. The van der Waals surface area contributed by atoms with E-state index in [4.69, 9.17) is 5.73 Å². The Morgan fingerprint density at radius 1 is 1.50 bits per heavy atom. The van der Waals surface area contributed by atoms with Crippen LogP contribution in [0.3, 0.4) is 0 Å². The zero-order valence-corrected chi connectivity index (χ0v) is 8.56. The average Bonchev–Trinajstić information content (AvgIpc) is 1.97. The first-order chi connectivity index (χ1) is 5.56. The number of hydrogen-bond donors (Lipinski definition) is 2. The topological polar surface area (TPSA) is 38.0 Å². The molecular formula is C10H22N2. The van der Waals surface area contributed by atoms with Crippen molar-refractivity contribution in [2.75, 3.05) is 13.1 Å². The second kappa shape index (κ2) is 6.21. The highest BCUT2D eigenvalue weighted by molar-refractivity contribution is 4.91. The SMILES string of the molecule is C=C(C)CNC(CN)CC(C)C. The van der Waals surface area contributed by atoms with Gasteiger partial charge in [-0.3, -0.25) is 0 Å². The maximum Gasteiger partial charge on any atom is 0.0195 e. The molecule has 0 bridgehead atoms. The van der Waals surface area contributed by atoms with Crippen molar-refractivity contribution in [2.24, 2.45) is 11.7 Å². The van der Waals surface area contributed by atoms with Crippen LogP contribution in [0.15, 0.2) is 12.2 Å². The fourth-order valence-corrected chi connectivity index (χ4v) is 1.15. The van der Waals surface area contributed by atoms with Gasteiger partial charge in [0, 0.05) is 19.1 Å². The van der Waals surface area contributed by atoms with Crippen LogP contribution in [0.4, 0.5) is 0 Å². The van der Waals surface area contributed by atoms with Crippen LogP contribution < -0.4 is 11.1 Å². The molecule has 0 aliphatic carbocycles. The first kappa shape index (κ1) is 11.7. The van der Waals surface area contributed by atoms with Gasteiger partial charge in [0.05, 0.1) is 0 Å². The molecule has 0 fully saturated rings. The summed E-state index contributed by atoms with van der Waals surface area (Å²) in [5.74, 6) is 0.705. The number of hydrogen-bond acceptors (Lipinski definition) is 2. The molecule has 0 aliphatic rings. The van der Waals surface area contributed by atoms with Crippen LogP contribution in [0.1, 0.15) is 27.2 Å². The van der Waals surface area contributed by atoms with Crippen molar-refractivity contribution in [3.05, 3.63) is 12.2 Å². The van der Waals surface area contributed by atoms with Gasteiger partial charge in [-0.15, -0.1) is 0 Å². The molecule has 0 aliphatic heterocycles. The molecular weight excluding hydrogens is 148 g/mol. The highest BCUT2D eigenvalue weighted by Gasteiger charge is 2.07. The molecule has 0 saturated heterocycles. The molecule has 0 aromatic carbocycles. The smallest absolute Gasteiger partial charge is 0.0195 e. The van der Waals surface area contributed by atoms with Gasteiger partial charge in [0.2, 0.25) is 0 Å². The van der Waals surface area contributed by atoms with Crippen LogP contribution in [-0.2, 0) is 0 Å². The summed E-state index contributed by atoms with van der Waals surface area (Å²) in [5, 5.41) is 3.38. The summed E-state index contributed by atoms with van der Waals surface area (Å²) in [7, 11) is 0. The van der Waals surface area contributed by atoms with Crippen molar-refractivity contribution in [2.45, 2.75) is 33.2 Å². The summed E-state index contributed by atoms with van der Waals surface area (Å²) < 4.78 is 0. The van der Waals surface area contributed by atoms with Crippen LogP contribution in [-0.4, -0.2) is 19.1 Å². The van der Waals surface area contributed by atoms with E-state index in [1.54, 1.807) is 0 Å². The summed E-state index contributed by atoms with van der Waals surface area (Å²) in [4.78, 5) is 0. The Labute approximate surface area is 76.2 Å². The molecule has 0 saturated carbocycles. The zero-order valence-electron chi connectivity index (χ0n) is 8.56. The molecule has 0 aromatic rings. The van der Waals surface area contributed by atoms with Gasteiger partial charge in [-0.1, -0.05) is 26.0 Å². The molecule has 3 N–H and O–H groups in total. The lowest BCUT2D eigenvalue weighted by atomic mass is 10.0. The number of nitrogens with one attached hydrogen (secondary N) is 1. The van der Waals surface area contributed by atoms with Crippen molar-refractivity contribution < 1.29 is 0 Å². The number of nitrogens with two attached hydrogens (primary N) is 1. The Morgan fingerprint density at radius 3 is 2.42 bits per heavy atom. The van der Waals surface area contributed by atoms with Crippen LogP contribution >= 0.6 is 0 Å². The van der Waals surface area contributed by atoms with E-state index in [1.165, 1.54) is 0 Å². The summed E-state index contributed by atoms with van der Waals surface area (Å²) in [5.41, 5.74) is 6.78. The van der Waals surface area contributed by atoms with Crippen molar-refractivity contribution in [3.8, 4) is 0 Å². The van der Waals surface area contributed by atoms with Gasteiger partial charge in [0.15, 0.2) is 0 Å². The van der Waals surface area contributed by atoms with Crippen molar-refractivity contribution in [1.82, 2.24) is 5.32 Å². The molecule has 0 rings (SSSR count). The van der Waals surface area contributed by atoms with Gasteiger partial charge < -0.3 is 11.1 Å². The third kappa shape index (κ3) is 6.38. The normalized spacial score (nSPS) is 13.4. The van der Waals surface area contributed by atoms with Crippen LogP contribution in [0.5, 0.6) is 0 Å². The van der Waals surface area contributed by atoms with E-state index in [0.29, 0.717) is 18.5 Å². The third-order valence-electron chi connectivity index (χ3n) is 1.73. The minimum absolute atomic E-state index is 0.446. The highest BCUT2D eigenvalue weighted by Crippen LogP contribution is 2.03. The Kier molecular flexibility index (Phi) is 6.03. The molecule has 0 heterocycles. The fourth-order valence-electron chi connectivity index (χ4n) is 1.15. The average molecular weight is 170 g/mol. The van der Waals surface area contributed by atoms with Crippen molar-refractivity contribution in [1.29, 1.82) is 0 Å². The van der Waals surface area contributed by atoms with Gasteiger partial charge in [-0.05, 0) is 19.3 Å². The molecule has 1 atom stereocenters. The molecule has 0 spiro atoms. The minimum Gasteiger partial charge on any atom is -0.329 e. The standard InChI is InChI=1S/C10H22N2/c1-8(2)5-10(6-11)12-7-9(3)4/h8,10,12H,3,5-7,11H2,1-2,4H3. The van der Waals surface area contributed by atoms with Gasteiger partial charge >= 0.3 is 0 Å². The summed E-state index contributed by atoms with van der Waals surface area (Å²) in [6.07, 6.45) is 1.14. The fraction of sp³-hybridized carbons (Fsp3) is 0.800. The monoisotopic (exact) mass is 170 g/mol. The molecule has 0 amide bonds. The second-order valence-electron chi connectivity index (χ2n) is 3.90. The van der Waals surface area contributed by atoms with E-state index in [9.17, 15) is 0 Å². The number of rotatable bonds is 6. The first-order valence-electron chi connectivity index (χ1n) is 4.64. The molecule has 0 radical (unpaired) electrons. The molecule has 0 aromatic heterocycles. The minimum atomic E-state index is 0.446. The maximum atomic E-state index is 5.62. The Morgan fingerprint density at radius 2 is 2.08 bits per heavy atom. The Bertz CT molecular complexity index is 130. The second-order valence-corrected chi connectivity index (χ2v) is 3.90. The van der Waals surface area contributed by atoms with Crippen LogP contribution in [0.2, 0.25) is 0 Å². The third-order valence-corrected chi connectivity index (χ3v) is 1.73. The van der Waals surface area contributed by atoms with E-state index in [2.05, 4.69) is 25.7 Å². The highest BCUT2D eigenvalue weighted by atomic mass is 14.9. The molecule has 1 unspecified atom stereocenters. The summed E-state index contributed by atoms with van der Waals surface area (Å²) in [6.45, 7) is 11.9. The lowest BCUT2D eigenvalue weighted by Crippen LogP contribution is -2.37. The van der Waals surface area contributed by atoms with Gasteiger partial charge in [-0.25, -0.2) is 0 Å². The Balaban J connectivity index is 3.60. The van der Waals surface area contributed by atoms with Crippen LogP contribution in [0.25, 0.3) is 0 Å². The molecule has 72 valence electrons. The van der Waals surface area contributed by atoms with Gasteiger partial charge in [0.1, 0.15) is 0 Å². The lowest BCUT2D eigenvalue weighted by molar-refractivity contribution is 0.435. The molecule has 2 heteroatoms. The summed E-state index contributed by atoms with van der Waals surface area (Å²) in [6, 6.07) is 0.446. The van der Waals surface area contributed by atoms with Gasteiger partial charge in [-0.2, -0.15) is 0 Å². The van der Waals surface area contributed by atoms with Crippen molar-refractivity contribution >= 4 is 0 Å². The summed E-state index contributed by atoms with van der Waals surface area (Å²) >= 11 is 0. The zero-order chi connectivity index (χ0) is 9.56. The van der Waals surface area contributed by atoms with Crippen LogP contribution in [0, 0.1) is 5.92 Å². The van der Waals surface area contributed by atoms with E-state index in [-0.39, 0.29) is 0 Å². The van der Waals surface area contributed by atoms with Crippen molar-refractivity contribution in [3.63, 3.8) is 0 Å². The first-order valence-corrected chi connectivity index (χ1v) is 4.64. The largest absolute Gasteiger partial charge is 0.329 e. The van der Waals surface area contributed by atoms with E-state index in [0.717, 1.165) is 18.5 Å². The quantitative estimate of drug-likeness (QED) is 0.593. The van der Waals surface area contributed by atoms with E-state index in [1.807, 2.05) is 6.92 Å². The predicted molar refractivity (Wildman–Crippen MR) is 55.1 cm³/mol. The van der Waals surface area contributed by atoms with E-state index < -0.39 is 0 Å². The molecule has 12 heavy (non-hydrogen) atoms. The maximum absolute atomic E-state index is 5.62. The Hall–Kier alpha value is -0.340. The van der Waals surface area contributed by atoms with Gasteiger partial charge in [0.25, 0.3) is 0 Å².